The summed E-state index contributed by atoms with van der Waals surface area (Å²) in [7, 11) is 0. The number of nitrogen functional groups attached to an aromatic ring is 1. The summed E-state index contributed by atoms with van der Waals surface area (Å²) in [6, 6.07) is 1.72. The molecule has 1 aliphatic heterocycles. The third-order valence-corrected chi connectivity index (χ3v) is 2.04. The smallest absolute Gasteiger partial charge is 0.159 e. The molecule has 0 aliphatic carbocycles. The highest BCUT2D eigenvalue weighted by atomic mass is 16.5. The van der Waals surface area contributed by atoms with E-state index >= 15 is 0 Å². The third-order valence-electron chi connectivity index (χ3n) is 2.04. The normalized spacial score (nSPS) is 21.8. The number of nitrogens with zero attached hydrogens (tertiary/aromatic N) is 2. The summed E-state index contributed by atoms with van der Waals surface area (Å²) >= 11 is 0. The number of nitrogens with two attached hydrogens (primary N) is 1. The minimum Gasteiger partial charge on any atom is -0.370 e. The van der Waals surface area contributed by atoms with Gasteiger partial charge in [-0.15, -0.1) is 0 Å². The number of anilines is 1. The van der Waals surface area contributed by atoms with E-state index in [2.05, 4.69) is 15.4 Å². The molecule has 1 atom stereocenters. The lowest BCUT2D eigenvalue weighted by molar-refractivity contribution is 0.105. The van der Waals surface area contributed by atoms with Crippen LogP contribution >= 0.6 is 0 Å². The van der Waals surface area contributed by atoms with E-state index in [1.54, 1.807) is 12.3 Å². The van der Waals surface area contributed by atoms with Gasteiger partial charge in [0.1, 0.15) is 11.9 Å². The summed E-state index contributed by atoms with van der Waals surface area (Å²) in [5.41, 5.74) is 2.48. The number of hydrogen-bond donors (Lipinski definition) is 2. The predicted octanol–water partition coefficient (Wildman–Crippen LogP) is 0.614. The number of ether oxygens (including phenoxy) is 1. The van der Waals surface area contributed by atoms with Crippen LogP contribution in [0.1, 0.15) is 24.8 Å². The van der Waals surface area contributed by atoms with Crippen molar-refractivity contribution < 1.29 is 4.74 Å². The first-order chi connectivity index (χ1) is 6.40. The van der Waals surface area contributed by atoms with E-state index in [1.165, 1.54) is 0 Å². The molecule has 0 radical (unpaired) electrons. The van der Waals surface area contributed by atoms with Gasteiger partial charge < -0.3 is 10.2 Å². The van der Waals surface area contributed by atoms with Gasteiger partial charge in [0.2, 0.25) is 0 Å². The molecule has 0 aromatic carbocycles. The Labute approximate surface area is 76.3 Å². The molecule has 1 aliphatic rings. The van der Waals surface area contributed by atoms with E-state index < -0.39 is 0 Å². The third kappa shape index (κ3) is 1.76. The van der Waals surface area contributed by atoms with Crippen LogP contribution in [0.25, 0.3) is 0 Å². The van der Waals surface area contributed by atoms with E-state index in [9.17, 15) is 0 Å². The van der Waals surface area contributed by atoms with Crippen LogP contribution in [0.4, 0.5) is 5.82 Å². The molecule has 1 fully saturated rings. The standard InChI is InChI=1S/C8H12N4O/c9-12-7-3-4-10-8(11-7)6-2-1-5-13-6/h3-4,6H,1-2,5,9H2,(H,10,11,12). The fourth-order valence-electron chi connectivity index (χ4n) is 1.39. The van der Waals surface area contributed by atoms with Gasteiger partial charge in [0, 0.05) is 18.9 Å². The molecule has 5 heteroatoms. The second kappa shape index (κ2) is 3.68. The Morgan fingerprint density at radius 1 is 1.62 bits per heavy atom. The summed E-state index contributed by atoms with van der Waals surface area (Å²) in [6.45, 7) is 0.800. The molecule has 1 aromatic heterocycles. The minimum absolute atomic E-state index is 0.0494. The molecular formula is C8H12N4O. The maximum Gasteiger partial charge on any atom is 0.159 e. The van der Waals surface area contributed by atoms with E-state index in [0.29, 0.717) is 11.6 Å². The SMILES string of the molecule is NNc1ccnc(C2CCCO2)n1. The monoisotopic (exact) mass is 180 g/mol. The summed E-state index contributed by atoms with van der Waals surface area (Å²) in [6.07, 6.45) is 3.80. The zero-order valence-electron chi connectivity index (χ0n) is 7.23. The minimum atomic E-state index is 0.0494. The second-order valence-corrected chi connectivity index (χ2v) is 2.95. The Kier molecular flexibility index (Phi) is 2.37. The molecule has 2 rings (SSSR count). The van der Waals surface area contributed by atoms with Gasteiger partial charge in [0.05, 0.1) is 0 Å². The zero-order valence-corrected chi connectivity index (χ0v) is 7.23. The molecule has 0 spiro atoms. The van der Waals surface area contributed by atoms with E-state index in [-0.39, 0.29) is 6.10 Å². The van der Waals surface area contributed by atoms with Crippen LogP contribution in [0.3, 0.4) is 0 Å². The largest absolute Gasteiger partial charge is 0.370 e. The molecular weight excluding hydrogens is 168 g/mol. The topological polar surface area (TPSA) is 73.1 Å². The molecule has 3 N–H and O–H groups in total. The van der Waals surface area contributed by atoms with Gasteiger partial charge >= 0.3 is 0 Å². The van der Waals surface area contributed by atoms with Crippen molar-refractivity contribution in [2.45, 2.75) is 18.9 Å². The molecule has 70 valence electrons. The number of hydrazine groups is 1. The molecule has 5 nitrogen and oxygen atoms in total. The lowest BCUT2D eigenvalue weighted by atomic mass is 10.2. The number of aromatic nitrogens is 2. The quantitative estimate of drug-likeness (QED) is 0.515. The Bertz CT molecular complexity index is 285. The van der Waals surface area contributed by atoms with Crippen molar-refractivity contribution in [3.8, 4) is 0 Å². The number of rotatable bonds is 2. The highest BCUT2D eigenvalue weighted by Gasteiger charge is 2.20. The summed E-state index contributed by atoms with van der Waals surface area (Å²) < 4.78 is 5.44. The van der Waals surface area contributed by atoms with Gasteiger partial charge in [0.25, 0.3) is 0 Å². The van der Waals surface area contributed by atoms with Crippen molar-refractivity contribution in [1.82, 2.24) is 9.97 Å². The van der Waals surface area contributed by atoms with Crippen LogP contribution in [0.2, 0.25) is 0 Å². The summed E-state index contributed by atoms with van der Waals surface area (Å²) in [4.78, 5) is 8.34. The van der Waals surface area contributed by atoms with Crippen molar-refractivity contribution in [2.24, 2.45) is 5.84 Å². The Morgan fingerprint density at radius 2 is 2.54 bits per heavy atom. The van der Waals surface area contributed by atoms with Crippen molar-refractivity contribution in [2.75, 3.05) is 12.0 Å². The van der Waals surface area contributed by atoms with Gasteiger partial charge in [-0.25, -0.2) is 15.8 Å². The van der Waals surface area contributed by atoms with Crippen LogP contribution in [0, 0.1) is 0 Å². The lowest BCUT2D eigenvalue weighted by Gasteiger charge is -2.08. The summed E-state index contributed by atoms with van der Waals surface area (Å²) in [5.74, 6) is 6.58. The second-order valence-electron chi connectivity index (χ2n) is 2.95. The first-order valence-electron chi connectivity index (χ1n) is 4.31. The van der Waals surface area contributed by atoms with Crippen molar-refractivity contribution in [1.29, 1.82) is 0 Å². The fraction of sp³-hybridized carbons (Fsp3) is 0.500. The Balaban J connectivity index is 2.18. The van der Waals surface area contributed by atoms with Gasteiger partial charge in [0.15, 0.2) is 5.82 Å². The van der Waals surface area contributed by atoms with Crippen LogP contribution in [0.5, 0.6) is 0 Å². The zero-order chi connectivity index (χ0) is 9.10. The summed E-state index contributed by atoms with van der Waals surface area (Å²) in [5, 5.41) is 0. The number of hydrogen-bond acceptors (Lipinski definition) is 5. The Hall–Kier alpha value is -1.20. The van der Waals surface area contributed by atoms with Crippen LogP contribution in [-0.2, 0) is 4.74 Å². The highest BCUT2D eigenvalue weighted by Crippen LogP contribution is 2.25. The van der Waals surface area contributed by atoms with Gasteiger partial charge in [-0.2, -0.15) is 0 Å². The average molecular weight is 180 g/mol. The van der Waals surface area contributed by atoms with Crippen LogP contribution < -0.4 is 11.3 Å². The van der Waals surface area contributed by atoms with Gasteiger partial charge in [-0.1, -0.05) is 0 Å². The van der Waals surface area contributed by atoms with Crippen molar-refractivity contribution in [3.63, 3.8) is 0 Å². The molecule has 13 heavy (non-hydrogen) atoms. The maximum absolute atomic E-state index is 5.44. The molecule has 2 heterocycles. The van der Waals surface area contributed by atoms with E-state index in [4.69, 9.17) is 10.6 Å². The molecule has 0 bridgehead atoms. The molecule has 1 aromatic rings. The first kappa shape index (κ1) is 8.40. The molecule has 0 saturated carbocycles. The first-order valence-corrected chi connectivity index (χ1v) is 4.31. The predicted molar refractivity (Wildman–Crippen MR) is 47.8 cm³/mol. The molecule has 0 amide bonds. The molecule has 1 saturated heterocycles. The van der Waals surface area contributed by atoms with Gasteiger partial charge in [-0.05, 0) is 12.8 Å². The lowest BCUT2D eigenvalue weighted by Crippen LogP contribution is -2.11. The van der Waals surface area contributed by atoms with E-state index in [1.807, 2.05) is 0 Å². The maximum atomic E-state index is 5.44. The van der Waals surface area contributed by atoms with Crippen molar-refractivity contribution >= 4 is 5.82 Å². The van der Waals surface area contributed by atoms with E-state index in [0.717, 1.165) is 19.4 Å². The van der Waals surface area contributed by atoms with Crippen LogP contribution in [-0.4, -0.2) is 16.6 Å². The Morgan fingerprint density at radius 3 is 3.23 bits per heavy atom. The van der Waals surface area contributed by atoms with Crippen molar-refractivity contribution in [3.05, 3.63) is 18.1 Å². The average Bonchev–Trinajstić information content (AvgIpc) is 2.71. The fourth-order valence-corrected chi connectivity index (χ4v) is 1.39. The van der Waals surface area contributed by atoms with Crippen LogP contribution in [0.15, 0.2) is 12.3 Å². The van der Waals surface area contributed by atoms with Gasteiger partial charge in [-0.3, -0.25) is 0 Å². The number of nitrogens with one attached hydrogen (secondary N) is 1. The highest BCUT2D eigenvalue weighted by molar-refractivity contribution is 5.31. The molecule has 1 unspecified atom stereocenters.